The Bertz CT molecular complexity index is 517. The van der Waals surface area contributed by atoms with Crippen LogP contribution in [0.1, 0.15) is 19.8 Å². The Morgan fingerprint density at radius 3 is 3.00 bits per heavy atom. The van der Waals surface area contributed by atoms with E-state index in [-0.39, 0.29) is 12.5 Å². The smallest absolute Gasteiger partial charge is 0.238 e. The van der Waals surface area contributed by atoms with Crippen LogP contribution < -0.4 is 15.8 Å². The molecular weight excluding hydrogens is 270 g/mol. The first-order valence-corrected chi connectivity index (χ1v) is 7.08. The Hall–Kier alpha value is -1.79. The van der Waals surface area contributed by atoms with Gasteiger partial charge < -0.3 is 20.9 Å². The third-order valence-corrected chi connectivity index (χ3v) is 3.62. The average Bonchev–Trinajstić information content (AvgIpc) is 2.39. The van der Waals surface area contributed by atoms with Gasteiger partial charge in [-0.25, -0.2) is 0 Å². The van der Waals surface area contributed by atoms with Gasteiger partial charge in [-0.05, 0) is 38.4 Å². The second-order valence-electron chi connectivity index (χ2n) is 5.82. The van der Waals surface area contributed by atoms with Gasteiger partial charge in [0.25, 0.3) is 0 Å². The van der Waals surface area contributed by atoms with Gasteiger partial charge in [0, 0.05) is 18.3 Å². The summed E-state index contributed by atoms with van der Waals surface area (Å²) < 4.78 is 5.20. The van der Waals surface area contributed by atoms with E-state index in [9.17, 15) is 9.90 Å². The van der Waals surface area contributed by atoms with Gasteiger partial charge >= 0.3 is 0 Å². The van der Waals surface area contributed by atoms with Crippen LogP contribution in [0.5, 0.6) is 5.75 Å². The van der Waals surface area contributed by atoms with Crippen molar-refractivity contribution in [1.29, 1.82) is 0 Å². The number of carbonyl (C=O) groups is 1. The van der Waals surface area contributed by atoms with Crippen LogP contribution in [0.3, 0.4) is 0 Å². The third kappa shape index (κ3) is 4.34. The fourth-order valence-corrected chi connectivity index (χ4v) is 2.66. The minimum atomic E-state index is -0.711. The summed E-state index contributed by atoms with van der Waals surface area (Å²) in [4.78, 5) is 14.1. The van der Waals surface area contributed by atoms with Crippen molar-refractivity contribution in [3.63, 3.8) is 0 Å². The number of methoxy groups -OCH3 is 1. The number of amides is 1. The molecule has 0 saturated carbocycles. The van der Waals surface area contributed by atoms with Crippen LogP contribution in [0.2, 0.25) is 0 Å². The number of β-amino-alcohol motifs (C(OH)–C–C–N with tert-alkyl or cyclic N) is 1. The van der Waals surface area contributed by atoms with Crippen molar-refractivity contribution >= 4 is 17.3 Å². The predicted molar refractivity (Wildman–Crippen MR) is 82.3 cm³/mol. The van der Waals surface area contributed by atoms with Crippen molar-refractivity contribution in [2.45, 2.75) is 25.4 Å². The summed E-state index contributed by atoms with van der Waals surface area (Å²) in [7, 11) is 1.53. The standard InChI is InChI=1S/C15H23N3O3/c1-15(20)6-3-7-18(10-15)9-14(19)17-12-5-4-11(16)8-13(12)21-2/h4-5,8,20H,3,6-7,9-10,16H2,1-2H3,(H,17,19). The van der Waals surface area contributed by atoms with Crippen molar-refractivity contribution in [3.8, 4) is 5.75 Å². The first-order chi connectivity index (χ1) is 9.89. The minimum absolute atomic E-state index is 0.129. The molecule has 0 radical (unpaired) electrons. The molecule has 6 nitrogen and oxygen atoms in total. The van der Waals surface area contributed by atoms with Gasteiger partial charge in [0.1, 0.15) is 5.75 Å². The second-order valence-corrected chi connectivity index (χ2v) is 5.82. The third-order valence-electron chi connectivity index (χ3n) is 3.62. The lowest BCUT2D eigenvalue weighted by Gasteiger charge is -2.36. The quantitative estimate of drug-likeness (QED) is 0.723. The molecule has 1 heterocycles. The molecular formula is C15H23N3O3. The molecule has 0 spiro atoms. The van der Waals surface area contributed by atoms with Gasteiger partial charge in [0.15, 0.2) is 0 Å². The molecule has 1 amide bonds. The normalized spacial score (nSPS) is 22.8. The maximum Gasteiger partial charge on any atom is 0.238 e. The van der Waals surface area contributed by atoms with Gasteiger partial charge in [-0.3, -0.25) is 9.69 Å². The zero-order valence-corrected chi connectivity index (χ0v) is 12.6. The van der Waals surface area contributed by atoms with Crippen molar-refractivity contribution in [2.75, 3.05) is 37.8 Å². The number of nitrogens with two attached hydrogens (primary N) is 1. The first kappa shape index (κ1) is 15.6. The molecule has 1 aliphatic rings. The molecule has 1 aromatic rings. The van der Waals surface area contributed by atoms with E-state index in [0.717, 1.165) is 19.4 Å². The number of aliphatic hydroxyl groups is 1. The summed E-state index contributed by atoms with van der Waals surface area (Å²) in [6, 6.07) is 5.10. The molecule has 116 valence electrons. The maximum absolute atomic E-state index is 12.1. The fourth-order valence-electron chi connectivity index (χ4n) is 2.66. The zero-order chi connectivity index (χ0) is 15.5. The molecule has 1 saturated heterocycles. The van der Waals surface area contributed by atoms with Crippen molar-refractivity contribution < 1.29 is 14.6 Å². The molecule has 21 heavy (non-hydrogen) atoms. The summed E-state index contributed by atoms with van der Waals surface area (Å²) in [5.74, 6) is 0.407. The van der Waals surface area contributed by atoms with Gasteiger partial charge in [0.2, 0.25) is 5.91 Å². The van der Waals surface area contributed by atoms with Gasteiger partial charge in [-0.1, -0.05) is 0 Å². The Morgan fingerprint density at radius 2 is 2.33 bits per heavy atom. The van der Waals surface area contributed by atoms with Gasteiger partial charge in [-0.2, -0.15) is 0 Å². The summed E-state index contributed by atoms with van der Waals surface area (Å²) in [6.45, 7) is 3.39. The van der Waals surface area contributed by atoms with Gasteiger partial charge in [-0.15, -0.1) is 0 Å². The molecule has 1 fully saturated rings. The largest absolute Gasteiger partial charge is 0.494 e. The lowest BCUT2D eigenvalue weighted by molar-refractivity contribution is -0.118. The Kier molecular flexibility index (Phi) is 4.69. The zero-order valence-electron chi connectivity index (χ0n) is 12.6. The van der Waals surface area contributed by atoms with Crippen LogP contribution in [0.25, 0.3) is 0 Å². The van der Waals surface area contributed by atoms with Crippen molar-refractivity contribution in [3.05, 3.63) is 18.2 Å². The lowest BCUT2D eigenvalue weighted by Crippen LogP contribution is -2.48. The van der Waals surface area contributed by atoms with Crippen LogP contribution in [0, 0.1) is 0 Å². The molecule has 0 aromatic heterocycles. The lowest BCUT2D eigenvalue weighted by atomic mass is 9.95. The average molecular weight is 293 g/mol. The number of nitrogen functional groups attached to an aromatic ring is 1. The summed E-state index contributed by atoms with van der Waals surface area (Å²) >= 11 is 0. The highest BCUT2D eigenvalue weighted by molar-refractivity contribution is 5.94. The summed E-state index contributed by atoms with van der Waals surface area (Å²) in [5, 5.41) is 12.9. The number of benzene rings is 1. The highest BCUT2D eigenvalue weighted by Gasteiger charge is 2.29. The van der Waals surface area contributed by atoms with Crippen LogP contribution in [-0.2, 0) is 4.79 Å². The van der Waals surface area contributed by atoms with Crippen LogP contribution in [-0.4, -0.2) is 48.3 Å². The highest BCUT2D eigenvalue weighted by Crippen LogP contribution is 2.26. The monoisotopic (exact) mass is 293 g/mol. The number of nitrogens with one attached hydrogen (secondary N) is 1. The second kappa shape index (κ2) is 6.32. The SMILES string of the molecule is COc1cc(N)ccc1NC(=O)CN1CCCC(C)(O)C1. The molecule has 1 unspecified atom stereocenters. The molecule has 4 N–H and O–H groups in total. The first-order valence-electron chi connectivity index (χ1n) is 7.08. The number of ether oxygens (including phenoxy) is 1. The molecule has 1 aliphatic heterocycles. The molecule has 2 rings (SSSR count). The summed E-state index contributed by atoms with van der Waals surface area (Å²) in [6.07, 6.45) is 1.67. The topological polar surface area (TPSA) is 87.8 Å². The van der Waals surface area contributed by atoms with E-state index in [1.165, 1.54) is 7.11 Å². The van der Waals surface area contributed by atoms with Crippen LogP contribution >= 0.6 is 0 Å². The van der Waals surface area contributed by atoms with E-state index >= 15 is 0 Å². The van der Waals surface area contributed by atoms with E-state index in [1.54, 1.807) is 25.1 Å². The van der Waals surface area contributed by atoms with E-state index in [4.69, 9.17) is 10.5 Å². The summed E-state index contributed by atoms with van der Waals surface area (Å²) in [5.41, 5.74) is 6.15. The Balaban J connectivity index is 1.96. The number of nitrogens with zero attached hydrogens (tertiary/aromatic N) is 1. The number of likely N-dealkylation sites (tertiary alicyclic amines) is 1. The number of piperidine rings is 1. The number of rotatable bonds is 4. The van der Waals surface area contributed by atoms with E-state index in [0.29, 0.717) is 23.7 Å². The predicted octanol–water partition coefficient (Wildman–Crippen LogP) is 1.06. The molecule has 1 aromatic carbocycles. The molecule has 1 atom stereocenters. The Labute approximate surface area is 124 Å². The highest BCUT2D eigenvalue weighted by atomic mass is 16.5. The van der Waals surface area contributed by atoms with E-state index in [1.807, 2.05) is 4.90 Å². The van der Waals surface area contributed by atoms with Crippen LogP contribution in [0.15, 0.2) is 18.2 Å². The number of carbonyl (C=O) groups excluding carboxylic acids is 1. The molecule has 0 aliphatic carbocycles. The van der Waals surface area contributed by atoms with Crippen molar-refractivity contribution in [2.24, 2.45) is 0 Å². The van der Waals surface area contributed by atoms with Crippen LogP contribution in [0.4, 0.5) is 11.4 Å². The number of anilines is 2. The number of hydrogen-bond acceptors (Lipinski definition) is 5. The Morgan fingerprint density at radius 1 is 1.57 bits per heavy atom. The molecule has 6 heteroatoms. The molecule has 0 bridgehead atoms. The number of hydrogen-bond donors (Lipinski definition) is 3. The van der Waals surface area contributed by atoms with Gasteiger partial charge in [0.05, 0.1) is 24.9 Å². The van der Waals surface area contributed by atoms with Crippen molar-refractivity contribution in [1.82, 2.24) is 4.90 Å². The minimum Gasteiger partial charge on any atom is -0.494 e. The maximum atomic E-state index is 12.1. The van der Waals surface area contributed by atoms with E-state index < -0.39 is 5.60 Å². The fraction of sp³-hybridized carbons (Fsp3) is 0.533. The van der Waals surface area contributed by atoms with E-state index in [2.05, 4.69) is 5.32 Å².